The summed E-state index contributed by atoms with van der Waals surface area (Å²) in [6.07, 6.45) is 1.17. The summed E-state index contributed by atoms with van der Waals surface area (Å²) >= 11 is 0. The number of ether oxygens (including phenoxy) is 1. The first-order valence-electron chi connectivity index (χ1n) is 6.33. The molecule has 1 nitrogen and oxygen atoms in total. The molecule has 0 fully saturated rings. The number of benzene rings is 1. The van der Waals surface area contributed by atoms with E-state index in [4.69, 9.17) is 4.74 Å². The van der Waals surface area contributed by atoms with Crippen molar-refractivity contribution in [3.8, 4) is 5.75 Å². The van der Waals surface area contributed by atoms with E-state index >= 15 is 0 Å². The molecule has 1 aromatic carbocycles. The molecule has 0 saturated heterocycles. The molecule has 88 valence electrons. The standard InChI is InChI=1S/C15H22O/c1-10(2)12-5-6-15-13(7-12)8-14(9-16-15)11(3)4/h5-7,10-11,14H,8-9H2,1-4H3. The Labute approximate surface area is 98.8 Å². The third-order valence-corrected chi connectivity index (χ3v) is 3.63. The van der Waals surface area contributed by atoms with Crippen molar-refractivity contribution in [3.63, 3.8) is 0 Å². The fourth-order valence-corrected chi connectivity index (χ4v) is 2.23. The molecule has 0 aromatic heterocycles. The Balaban J connectivity index is 2.25. The summed E-state index contributed by atoms with van der Waals surface area (Å²) < 4.78 is 5.83. The van der Waals surface area contributed by atoms with E-state index in [-0.39, 0.29) is 0 Å². The summed E-state index contributed by atoms with van der Waals surface area (Å²) in [7, 11) is 0. The van der Waals surface area contributed by atoms with Crippen molar-refractivity contribution >= 4 is 0 Å². The molecule has 0 N–H and O–H groups in total. The lowest BCUT2D eigenvalue weighted by molar-refractivity contribution is 0.185. The Hall–Kier alpha value is -0.980. The van der Waals surface area contributed by atoms with Crippen molar-refractivity contribution in [2.45, 2.75) is 40.0 Å². The van der Waals surface area contributed by atoms with Gasteiger partial charge in [0.25, 0.3) is 0 Å². The highest BCUT2D eigenvalue weighted by atomic mass is 16.5. The fourth-order valence-electron chi connectivity index (χ4n) is 2.23. The Kier molecular flexibility index (Phi) is 3.22. The van der Waals surface area contributed by atoms with Crippen LogP contribution < -0.4 is 4.74 Å². The first kappa shape index (κ1) is 11.5. The minimum atomic E-state index is 0.602. The van der Waals surface area contributed by atoms with Crippen LogP contribution in [0.4, 0.5) is 0 Å². The molecule has 0 bridgehead atoms. The van der Waals surface area contributed by atoms with E-state index in [1.807, 2.05) is 0 Å². The second-order valence-electron chi connectivity index (χ2n) is 5.54. The molecule has 1 atom stereocenters. The Bertz CT molecular complexity index is 366. The van der Waals surface area contributed by atoms with Gasteiger partial charge in [-0.05, 0) is 41.4 Å². The van der Waals surface area contributed by atoms with Gasteiger partial charge < -0.3 is 4.74 Å². The van der Waals surface area contributed by atoms with Crippen LogP contribution in [0.5, 0.6) is 5.75 Å². The van der Waals surface area contributed by atoms with Crippen LogP contribution in [-0.2, 0) is 6.42 Å². The number of fused-ring (bicyclic) bond motifs is 1. The molecule has 1 heterocycles. The Morgan fingerprint density at radius 3 is 2.56 bits per heavy atom. The fraction of sp³-hybridized carbons (Fsp3) is 0.600. The van der Waals surface area contributed by atoms with Gasteiger partial charge in [-0.3, -0.25) is 0 Å². The average Bonchev–Trinajstić information content (AvgIpc) is 2.27. The molecule has 16 heavy (non-hydrogen) atoms. The number of hydrogen-bond donors (Lipinski definition) is 0. The second-order valence-corrected chi connectivity index (χ2v) is 5.54. The maximum absolute atomic E-state index is 5.83. The molecular weight excluding hydrogens is 196 g/mol. The lowest BCUT2D eigenvalue weighted by atomic mass is 9.86. The topological polar surface area (TPSA) is 9.23 Å². The lowest BCUT2D eigenvalue weighted by Crippen LogP contribution is -2.25. The molecule has 0 aliphatic carbocycles. The average molecular weight is 218 g/mol. The molecule has 1 aliphatic heterocycles. The summed E-state index contributed by atoms with van der Waals surface area (Å²) in [6, 6.07) is 6.66. The largest absolute Gasteiger partial charge is 0.493 e. The van der Waals surface area contributed by atoms with Crippen LogP contribution >= 0.6 is 0 Å². The van der Waals surface area contributed by atoms with Gasteiger partial charge in [0, 0.05) is 0 Å². The number of hydrogen-bond acceptors (Lipinski definition) is 1. The normalized spacial score (nSPS) is 19.8. The minimum absolute atomic E-state index is 0.602. The Morgan fingerprint density at radius 1 is 1.19 bits per heavy atom. The van der Waals surface area contributed by atoms with Gasteiger partial charge in [0.2, 0.25) is 0 Å². The third-order valence-electron chi connectivity index (χ3n) is 3.63. The number of rotatable bonds is 2. The van der Waals surface area contributed by atoms with Gasteiger partial charge in [-0.15, -0.1) is 0 Å². The van der Waals surface area contributed by atoms with Crippen LogP contribution in [0, 0.1) is 11.8 Å². The maximum Gasteiger partial charge on any atom is 0.122 e. The van der Waals surface area contributed by atoms with E-state index in [9.17, 15) is 0 Å². The van der Waals surface area contributed by atoms with Crippen LogP contribution in [0.25, 0.3) is 0 Å². The van der Waals surface area contributed by atoms with Crippen molar-refractivity contribution < 1.29 is 4.74 Å². The Morgan fingerprint density at radius 2 is 1.94 bits per heavy atom. The third kappa shape index (κ3) is 2.23. The van der Waals surface area contributed by atoms with Crippen molar-refractivity contribution in [1.82, 2.24) is 0 Å². The summed E-state index contributed by atoms with van der Waals surface area (Å²) in [5.74, 6) is 3.08. The predicted octanol–water partition coefficient (Wildman–Crippen LogP) is 4.02. The van der Waals surface area contributed by atoms with Crippen LogP contribution in [0.1, 0.15) is 44.7 Å². The van der Waals surface area contributed by atoms with E-state index in [1.165, 1.54) is 17.5 Å². The zero-order chi connectivity index (χ0) is 11.7. The smallest absolute Gasteiger partial charge is 0.122 e. The highest BCUT2D eigenvalue weighted by Crippen LogP contribution is 2.32. The van der Waals surface area contributed by atoms with Crippen molar-refractivity contribution in [2.24, 2.45) is 11.8 Å². The SMILES string of the molecule is CC(C)c1ccc2c(c1)CC(C(C)C)CO2. The van der Waals surface area contributed by atoms with Gasteiger partial charge >= 0.3 is 0 Å². The molecular formula is C15H22O. The molecule has 0 amide bonds. The van der Waals surface area contributed by atoms with E-state index in [2.05, 4.69) is 45.9 Å². The van der Waals surface area contributed by atoms with Crippen molar-refractivity contribution in [2.75, 3.05) is 6.61 Å². The predicted molar refractivity (Wildman–Crippen MR) is 68.1 cm³/mol. The van der Waals surface area contributed by atoms with Gasteiger partial charge in [-0.1, -0.05) is 39.8 Å². The van der Waals surface area contributed by atoms with Crippen molar-refractivity contribution in [3.05, 3.63) is 29.3 Å². The first-order valence-corrected chi connectivity index (χ1v) is 6.33. The van der Waals surface area contributed by atoms with Gasteiger partial charge in [0.1, 0.15) is 5.75 Å². The molecule has 0 radical (unpaired) electrons. The molecule has 1 aromatic rings. The molecule has 1 aliphatic rings. The van der Waals surface area contributed by atoms with E-state index < -0.39 is 0 Å². The summed E-state index contributed by atoms with van der Waals surface area (Å²) in [6.45, 7) is 9.93. The quantitative estimate of drug-likeness (QED) is 0.728. The molecule has 1 heteroatoms. The van der Waals surface area contributed by atoms with Gasteiger partial charge in [0.05, 0.1) is 6.61 Å². The van der Waals surface area contributed by atoms with Crippen LogP contribution in [-0.4, -0.2) is 6.61 Å². The second kappa shape index (κ2) is 4.48. The maximum atomic E-state index is 5.83. The van der Waals surface area contributed by atoms with E-state index in [0.717, 1.165) is 12.4 Å². The van der Waals surface area contributed by atoms with Crippen LogP contribution in [0.2, 0.25) is 0 Å². The lowest BCUT2D eigenvalue weighted by Gasteiger charge is -2.28. The van der Waals surface area contributed by atoms with Gasteiger partial charge in [-0.25, -0.2) is 0 Å². The summed E-state index contributed by atoms with van der Waals surface area (Å²) in [5.41, 5.74) is 2.82. The first-order chi connectivity index (χ1) is 7.58. The highest BCUT2D eigenvalue weighted by Gasteiger charge is 2.22. The summed E-state index contributed by atoms with van der Waals surface area (Å²) in [5, 5.41) is 0. The van der Waals surface area contributed by atoms with Crippen molar-refractivity contribution in [1.29, 1.82) is 0 Å². The van der Waals surface area contributed by atoms with E-state index in [0.29, 0.717) is 17.8 Å². The zero-order valence-corrected chi connectivity index (χ0v) is 10.8. The zero-order valence-electron chi connectivity index (χ0n) is 10.8. The minimum Gasteiger partial charge on any atom is -0.493 e. The molecule has 0 spiro atoms. The highest BCUT2D eigenvalue weighted by molar-refractivity contribution is 5.39. The van der Waals surface area contributed by atoms with Crippen LogP contribution in [0.15, 0.2) is 18.2 Å². The van der Waals surface area contributed by atoms with E-state index in [1.54, 1.807) is 0 Å². The van der Waals surface area contributed by atoms with Gasteiger partial charge in [0.15, 0.2) is 0 Å². The molecule has 1 unspecified atom stereocenters. The molecule has 0 saturated carbocycles. The monoisotopic (exact) mass is 218 g/mol. The van der Waals surface area contributed by atoms with Crippen LogP contribution in [0.3, 0.4) is 0 Å². The molecule has 2 rings (SSSR count). The summed E-state index contributed by atoms with van der Waals surface area (Å²) in [4.78, 5) is 0. The van der Waals surface area contributed by atoms with Gasteiger partial charge in [-0.2, -0.15) is 0 Å².